The van der Waals surface area contributed by atoms with Gasteiger partial charge in [-0.2, -0.15) is 0 Å². The fourth-order valence-electron chi connectivity index (χ4n) is 2.86. The van der Waals surface area contributed by atoms with E-state index in [9.17, 15) is 18.4 Å². The Kier molecular flexibility index (Phi) is 4.56. The second-order valence-corrected chi connectivity index (χ2v) is 5.69. The van der Waals surface area contributed by atoms with Crippen molar-refractivity contribution in [1.29, 1.82) is 0 Å². The van der Waals surface area contributed by atoms with E-state index in [2.05, 4.69) is 0 Å². The van der Waals surface area contributed by atoms with E-state index >= 15 is 0 Å². The number of carbonyl (C=O) groups excluding carboxylic acids is 2. The summed E-state index contributed by atoms with van der Waals surface area (Å²) in [5, 5.41) is 0. The van der Waals surface area contributed by atoms with Gasteiger partial charge in [0.2, 0.25) is 5.91 Å². The van der Waals surface area contributed by atoms with Gasteiger partial charge in [0.05, 0.1) is 6.10 Å². The van der Waals surface area contributed by atoms with Crippen molar-refractivity contribution in [1.82, 2.24) is 0 Å². The van der Waals surface area contributed by atoms with Gasteiger partial charge in [-0.05, 0) is 31.4 Å². The number of rotatable bonds is 4. The molecule has 2 atom stereocenters. The predicted octanol–water partition coefficient (Wildman–Crippen LogP) is 2.04. The zero-order chi connectivity index (χ0) is 16.4. The first kappa shape index (κ1) is 15.9. The minimum absolute atomic E-state index is 0.0993. The van der Waals surface area contributed by atoms with Crippen LogP contribution >= 0.6 is 0 Å². The Labute approximate surface area is 132 Å². The Bertz CT molecular complexity index is 616. The maximum absolute atomic E-state index is 13.3. The van der Waals surface area contributed by atoms with E-state index in [4.69, 9.17) is 9.47 Å². The summed E-state index contributed by atoms with van der Waals surface area (Å²) in [5.41, 5.74) is 0.239. The van der Waals surface area contributed by atoms with Gasteiger partial charge in [0.25, 0.3) is 0 Å². The van der Waals surface area contributed by atoms with E-state index in [1.165, 1.54) is 11.0 Å². The highest BCUT2D eigenvalue weighted by molar-refractivity contribution is 6.08. The van der Waals surface area contributed by atoms with Gasteiger partial charge in [0.1, 0.15) is 12.5 Å². The molecule has 23 heavy (non-hydrogen) atoms. The summed E-state index contributed by atoms with van der Waals surface area (Å²) in [6.07, 6.45) is 1.97. The van der Waals surface area contributed by atoms with Crippen LogP contribution in [0.1, 0.15) is 19.3 Å². The summed E-state index contributed by atoms with van der Waals surface area (Å²) in [7, 11) is 0. The molecule has 2 heterocycles. The van der Waals surface area contributed by atoms with Crippen molar-refractivity contribution in [3.05, 3.63) is 29.8 Å². The molecule has 2 fully saturated rings. The lowest BCUT2D eigenvalue weighted by Gasteiger charge is -2.17. The number of benzene rings is 1. The Balaban J connectivity index is 1.61. The number of esters is 1. The summed E-state index contributed by atoms with van der Waals surface area (Å²) < 4.78 is 36.8. The number of anilines is 1. The molecule has 7 heteroatoms. The Morgan fingerprint density at radius 2 is 2.13 bits per heavy atom. The minimum Gasteiger partial charge on any atom is -0.462 e. The molecule has 0 saturated carbocycles. The third-order valence-electron chi connectivity index (χ3n) is 4.14. The van der Waals surface area contributed by atoms with E-state index < -0.39 is 29.4 Å². The van der Waals surface area contributed by atoms with Gasteiger partial charge in [-0.1, -0.05) is 0 Å². The summed E-state index contributed by atoms with van der Waals surface area (Å²) >= 11 is 0. The van der Waals surface area contributed by atoms with E-state index in [1.54, 1.807) is 0 Å². The van der Waals surface area contributed by atoms with Crippen LogP contribution in [0.5, 0.6) is 0 Å². The first-order chi connectivity index (χ1) is 11.1. The number of carbonyl (C=O) groups is 2. The van der Waals surface area contributed by atoms with Crippen molar-refractivity contribution in [2.24, 2.45) is 5.92 Å². The van der Waals surface area contributed by atoms with Gasteiger partial charge in [0.15, 0.2) is 11.6 Å². The van der Waals surface area contributed by atoms with Crippen molar-refractivity contribution in [2.45, 2.75) is 25.4 Å². The standard InChI is InChI=1S/C16H17F2NO4/c17-13-4-3-10(8-14(13)18)19-6-5-12(15(19)20)16(21)23-9-11-2-1-7-22-11/h3-4,8,11-12H,1-2,5-7,9H2/t11-,12-/m1/s1. The topological polar surface area (TPSA) is 55.8 Å². The van der Waals surface area contributed by atoms with Crippen molar-refractivity contribution in [3.63, 3.8) is 0 Å². The molecule has 0 N–H and O–H groups in total. The number of nitrogens with zero attached hydrogens (tertiary/aromatic N) is 1. The fourth-order valence-corrected chi connectivity index (χ4v) is 2.86. The van der Waals surface area contributed by atoms with Gasteiger partial charge < -0.3 is 14.4 Å². The monoisotopic (exact) mass is 325 g/mol. The predicted molar refractivity (Wildman–Crippen MR) is 76.8 cm³/mol. The van der Waals surface area contributed by atoms with Crippen molar-refractivity contribution in [3.8, 4) is 0 Å². The molecule has 5 nitrogen and oxygen atoms in total. The Morgan fingerprint density at radius 1 is 1.30 bits per heavy atom. The minimum atomic E-state index is -1.03. The maximum Gasteiger partial charge on any atom is 0.318 e. The lowest BCUT2D eigenvalue weighted by molar-refractivity contribution is -0.153. The van der Waals surface area contributed by atoms with Crippen molar-refractivity contribution >= 4 is 17.6 Å². The van der Waals surface area contributed by atoms with Crippen LogP contribution < -0.4 is 4.90 Å². The first-order valence-electron chi connectivity index (χ1n) is 7.61. The smallest absolute Gasteiger partial charge is 0.318 e. The summed E-state index contributed by atoms with van der Waals surface area (Å²) in [4.78, 5) is 25.6. The van der Waals surface area contributed by atoms with Gasteiger partial charge in [-0.3, -0.25) is 9.59 Å². The quantitative estimate of drug-likeness (QED) is 0.628. The molecule has 0 spiro atoms. The van der Waals surface area contributed by atoms with Gasteiger partial charge >= 0.3 is 5.97 Å². The number of amides is 1. The molecule has 0 radical (unpaired) electrons. The molecule has 1 aromatic carbocycles. The average Bonchev–Trinajstić information content (AvgIpc) is 3.17. The van der Waals surface area contributed by atoms with Crippen LogP contribution in [-0.2, 0) is 19.1 Å². The highest BCUT2D eigenvalue weighted by Gasteiger charge is 2.39. The lowest BCUT2D eigenvalue weighted by atomic mass is 10.1. The second kappa shape index (κ2) is 6.62. The van der Waals surface area contributed by atoms with Crippen LogP contribution in [0.3, 0.4) is 0 Å². The second-order valence-electron chi connectivity index (χ2n) is 5.69. The van der Waals surface area contributed by atoms with Gasteiger partial charge in [-0.15, -0.1) is 0 Å². The summed E-state index contributed by atoms with van der Waals surface area (Å²) in [6, 6.07) is 3.23. The van der Waals surface area contributed by atoms with Gasteiger partial charge in [-0.25, -0.2) is 8.78 Å². The average molecular weight is 325 g/mol. The molecule has 2 aliphatic heterocycles. The largest absolute Gasteiger partial charge is 0.462 e. The van der Waals surface area contributed by atoms with E-state index in [-0.39, 0.29) is 24.9 Å². The molecular formula is C16H17F2NO4. The first-order valence-corrected chi connectivity index (χ1v) is 7.61. The molecule has 1 amide bonds. The zero-order valence-electron chi connectivity index (χ0n) is 12.5. The number of hydrogen-bond acceptors (Lipinski definition) is 4. The zero-order valence-corrected chi connectivity index (χ0v) is 12.5. The highest BCUT2D eigenvalue weighted by atomic mass is 19.2. The van der Waals surface area contributed by atoms with E-state index in [0.717, 1.165) is 25.0 Å². The van der Waals surface area contributed by atoms with Crippen LogP contribution in [0.4, 0.5) is 14.5 Å². The van der Waals surface area contributed by atoms with Crippen molar-refractivity contribution in [2.75, 3.05) is 24.7 Å². The van der Waals surface area contributed by atoms with Crippen molar-refractivity contribution < 1.29 is 27.8 Å². The molecule has 3 rings (SSSR count). The Morgan fingerprint density at radius 3 is 2.83 bits per heavy atom. The van der Waals surface area contributed by atoms with Crippen LogP contribution in [0.25, 0.3) is 0 Å². The third-order valence-corrected chi connectivity index (χ3v) is 4.14. The third kappa shape index (κ3) is 3.34. The molecule has 2 saturated heterocycles. The normalized spacial score (nSPS) is 24.3. The number of hydrogen-bond donors (Lipinski definition) is 0. The molecule has 0 bridgehead atoms. The molecule has 1 aromatic rings. The lowest BCUT2D eigenvalue weighted by Crippen LogP contribution is -2.32. The number of ether oxygens (including phenoxy) is 2. The fraction of sp³-hybridized carbons (Fsp3) is 0.500. The molecular weight excluding hydrogens is 308 g/mol. The molecule has 2 aliphatic rings. The SMILES string of the molecule is O=C(OC[C@H]1CCCO1)[C@@H]1CCN(c2ccc(F)c(F)c2)C1=O. The molecule has 124 valence electrons. The maximum atomic E-state index is 13.3. The number of halogens is 2. The van der Waals surface area contributed by atoms with E-state index in [1.807, 2.05) is 0 Å². The Hall–Kier alpha value is -2.02. The molecule has 0 unspecified atom stereocenters. The van der Waals surface area contributed by atoms with Gasteiger partial charge in [0, 0.05) is 24.9 Å². The summed E-state index contributed by atoms with van der Waals surface area (Å²) in [5.74, 6) is -3.94. The van der Waals surface area contributed by atoms with Crippen LogP contribution in [0, 0.1) is 17.6 Å². The van der Waals surface area contributed by atoms with Crippen LogP contribution in [-0.4, -0.2) is 37.7 Å². The molecule has 0 aliphatic carbocycles. The highest BCUT2D eigenvalue weighted by Crippen LogP contribution is 2.27. The summed E-state index contributed by atoms with van der Waals surface area (Å²) in [6.45, 7) is 1.08. The van der Waals surface area contributed by atoms with E-state index in [0.29, 0.717) is 13.0 Å². The van der Waals surface area contributed by atoms with Crippen LogP contribution in [0.2, 0.25) is 0 Å². The van der Waals surface area contributed by atoms with Crippen LogP contribution in [0.15, 0.2) is 18.2 Å². The molecule has 0 aromatic heterocycles.